The highest BCUT2D eigenvalue weighted by Crippen LogP contribution is 2.41. The quantitative estimate of drug-likeness (QED) is 0.878. The number of nitrogens with two attached hydrogens (primary N) is 1. The molecule has 2 heteroatoms. The van der Waals surface area contributed by atoms with Crippen LogP contribution in [0.2, 0.25) is 0 Å². The first-order chi connectivity index (χ1) is 9.29. The molecule has 19 heavy (non-hydrogen) atoms. The summed E-state index contributed by atoms with van der Waals surface area (Å²) < 4.78 is 0. The molecule has 1 aliphatic carbocycles. The molecule has 2 atom stereocenters. The van der Waals surface area contributed by atoms with Crippen molar-refractivity contribution in [2.45, 2.75) is 44.6 Å². The molecule has 0 aliphatic heterocycles. The first-order valence-electron chi connectivity index (χ1n) is 7.20. The normalized spacial score (nSPS) is 20.0. The molecule has 0 bridgehead atoms. The second-order valence-electron chi connectivity index (χ2n) is 5.42. The Morgan fingerprint density at radius 1 is 1.37 bits per heavy atom. The van der Waals surface area contributed by atoms with Crippen molar-refractivity contribution in [2.75, 3.05) is 0 Å². The van der Waals surface area contributed by atoms with E-state index in [2.05, 4.69) is 42.6 Å². The van der Waals surface area contributed by atoms with E-state index in [1.165, 1.54) is 36.0 Å². The van der Waals surface area contributed by atoms with E-state index >= 15 is 0 Å². The van der Waals surface area contributed by atoms with E-state index in [0.29, 0.717) is 5.92 Å². The highest BCUT2D eigenvalue weighted by molar-refractivity contribution is 7.10. The molecule has 1 aromatic heterocycles. The zero-order chi connectivity index (χ0) is 13.2. The van der Waals surface area contributed by atoms with Gasteiger partial charge in [-0.15, -0.1) is 11.3 Å². The van der Waals surface area contributed by atoms with Crippen LogP contribution in [0, 0.1) is 0 Å². The van der Waals surface area contributed by atoms with Crippen LogP contribution in [0.15, 0.2) is 35.7 Å². The van der Waals surface area contributed by atoms with E-state index in [0.717, 1.165) is 6.42 Å². The number of hydrogen-bond acceptors (Lipinski definition) is 2. The zero-order valence-electron chi connectivity index (χ0n) is 11.4. The molecule has 1 aliphatic rings. The van der Waals surface area contributed by atoms with Crippen molar-refractivity contribution in [3.05, 3.63) is 57.3 Å². The fourth-order valence-electron chi connectivity index (χ4n) is 3.15. The van der Waals surface area contributed by atoms with Gasteiger partial charge in [0.05, 0.1) is 0 Å². The second kappa shape index (κ2) is 5.48. The Morgan fingerprint density at radius 2 is 2.26 bits per heavy atom. The summed E-state index contributed by atoms with van der Waals surface area (Å²) in [5, 5.41) is 2.22. The summed E-state index contributed by atoms with van der Waals surface area (Å²) in [6, 6.07) is 11.2. The SMILES string of the molecule is CCc1cccc(C(N)C2CCCc3sccc32)c1. The average Bonchev–Trinajstić information content (AvgIpc) is 2.95. The molecule has 3 rings (SSSR count). The lowest BCUT2D eigenvalue weighted by molar-refractivity contribution is 0.479. The maximum absolute atomic E-state index is 6.57. The van der Waals surface area contributed by atoms with Crippen molar-refractivity contribution in [1.29, 1.82) is 0 Å². The summed E-state index contributed by atoms with van der Waals surface area (Å²) in [6.07, 6.45) is 4.82. The van der Waals surface area contributed by atoms with Gasteiger partial charge in [0, 0.05) is 16.8 Å². The van der Waals surface area contributed by atoms with Gasteiger partial charge in [-0.05, 0) is 53.8 Å². The summed E-state index contributed by atoms with van der Waals surface area (Å²) in [5.74, 6) is 0.502. The van der Waals surface area contributed by atoms with E-state index in [4.69, 9.17) is 5.73 Å². The molecular formula is C17H21NS. The maximum atomic E-state index is 6.57. The molecule has 1 aromatic carbocycles. The Labute approximate surface area is 119 Å². The summed E-state index contributed by atoms with van der Waals surface area (Å²) in [4.78, 5) is 1.55. The van der Waals surface area contributed by atoms with Gasteiger partial charge in [-0.3, -0.25) is 0 Å². The lowest BCUT2D eigenvalue weighted by atomic mass is 9.80. The van der Waals surface area contributed by atoms with E-state index < -0.39 is 0 Å². The molecule has 2 N–H and O–H groups in total. The third-order valence-electron chi connectivity index (χ3n) is 4.28. The Balaban J connectivity index is 1.90. The number of thiophene rings is 1. The minimum absolute atomic E-state index is 0.139. The van der Waals surface area contributed by atoms with Gasteiger partial charge in [0.1, 0.15) is 0 Å². The zero-order valence-corrected chi connectivity index (χ0v) is 12.2. The summed E-state index contributed by atoms with van der Waals surface area (Å²) in [5.41, 5.74) is 10.8. The van der Waals surface area contributed by atoms with Crippen LogP contribution in [0.25, 0.3) is 0 Å². The first kappa shape index (κ1) is 12.9. The van der Waals surface area contributed by atoms with E-state index in [1.807, 2.05) is 11.3 Å². The van der Waals surface area contributed by atoms with Gasteiger partial charge in [0.25, 0.3) is 0 Å². The third kappa shape index (κ3) is 2.47. The predicted octanol–water partition coefficient (Wildman–Crippen LogP) is 4.43. The monoisotopic (exact) mass is 271 g/mol. The minimum atomic E-state index is 0.139. The molecule has 2 aromatic rings. The molecular weight excluding hydrogens is 250 g/mol. The van der Waals surface area contributed by atoms with Crippen molar-refractivity contribution < 1.29 is 0 Å². The molecule has 100 valence electrons. The van der Waals surface area contributed by atoms with Crippen LogP contribution < -0.4 is 5.73 Å². The molecule has 2 unspecified atom stereocenters. The van der Waals surface area contributed by atoms with Gasteiger partial charge in [-0.25, -0.2) is 0 Å². The smallest absolute Gasteiger partial charge is 0.0364 e. The Morgan fingerprint density at radius 3 is 3.11 bits per heavy atom. The van der Waals surface area contributed by atoms with Crippen LogP contribution in [0.3, 0.4) is 0 Å². The van der Waals surface area contributed by atoms with Crippen LogP contribution in [0.4, 0.5) is 0 Å². The Kier molecular flexibility index (Phi) is 3.72. The molecule has 0 amide bonds. The largest absolute Gasteiger partial charge is 0.323 e. The molecule has 1 nitrogen and oxygen atoms in total. The number of rotatable bonds is 3. The Bertz CT molecular complexity index is 558. The molecule has 1 heterocycles. The lowest BCUT2D eigenvalue weighted by Crippen LogP contribution is -2.22. The van der Waals surface area contributed by atoms with E-state index in [1.54, 1.807) is 4.88 Å². The van der Waals surface area contributed by atoms with Gasteiger partial charge in [0.15, 0.2) is 0 Å². The third-order valence-corrected chi connectivity index (χ3v) is 5.27. The molecule has 0 fully saturated rings. The van der Waals surface area contributed by atoms with E-state index in [-0.39, 0.29) is 6.04 Å². The van der Waals surface area contributed by atoms with Gasteiger partial charge in [-0.2, -0.15) is 0 Å². The standard InChI is InChI=1S/C17H21NS/c1-2-12-5-3-6-13(11-12)17(18)15-7-4-8-16-14(15)9-10-19-16/h3,5-6,9-11,15,17H,2,4,7-8,18H2,1H3. The van der Waals surface area contributed by atoms with Crippen LogP contribution in [-0.2, 0) is 12.8 Å². The highest BCUT2D eigenvalue weighted by Gasteiger charge is 2.27. The lowest BCUT2D eigenvalue weighted by Gasteiger charge is -2.28. The highest BCUT2D eigenvalue weighted by atomic mass is 32.1. The molecule has 0 spiro atoms. The number of fused-ring (bicyclic) bond motifs is 1. The number of hydrogen-bond donors (Lipinski definition) is 1. The van der Waals surface area contributed by atoms with Crippen molar-refractivity contribution >= 4 is 11.3 Å². The van der Waals surface area contributed by atoms with E-state index in [9.17, 15) is 0 Å². The molecule has 0 radical (unpaired) electrons. The second-order valence-corrected chi connectivity index (χ2v) is 6.42. The summed E-state index contributed by atoms with van der Waals surface area (Å²) >= 11 is 1.89. The van der Waals surface area contributed by atoms with Gasteiger partial charge >= 0.3 is 0 Å². The van der Waals surface area contributed by atoms with Crippen LogP contribution in [0.5, 0.6) is 0 Å². The first-order valence-corrected chi connectivity index (χ1v) is 8.08. The average molecular weight is 271 g/mol. The topological polar surface area (TPSA) is 26.0 Å². The van der Waals surface area contributed by atoms with Gasteiger partial charge < -0.3 is 5.73 Å². The summed E-state index contributed by atoms with van der Waals surface area (Å²) in [6.45, 7) is 2.20. The Hall–Kier alpha value is -1.12. The van der Waals surface area contributed by atoms with Crippen LogP contribution in [-0.4, -0.2) is 0 Å². The van der Waals surface area contributed by atoms with Crippen LogP contribution >= 0.6 is 11.3 Å². The molecule has 0 saturated carbocycles. The fraction of sp³-hybridized carbons (Fsp3) is 0.412. The van der Waals surface area contributed by atoms with Crippen molar-refractivity contribution in [3.63, 3.8) is 0 Å². The minimum Gasteiger partial charge on any atom is -0.323 e. The summed E-state index contributed by atoms with van der Waals surface area (Å²) in [7, 11) is 0. The number of benzene rings is 1. The van der Waals surface area contributed by atoms with Gasteiger partial charge in [-0.1, -0.05) is 31.2 Å². The van der Waals surface area contributed by atoms with Crippen molar-refractivity contribution in [3.8, 4) is 0 Å². The fourth-order valence-corrected chi connectivity index (χ4v) is 4.14. The maximum Gasteiger partial charge on any atom is 0.0364 e. The predicted molar refractivity (Wildman–Crippen MR) is 82.7 cm³/mol. The van der Waals surface area contributed by atoms with Crippen molar-refractivity contribution in [2.24, 2.45) is 5.73 Å². The number of aryl methyl sites for hydroxylation is 2. The molecule has 0 saturated heterocycles. The van der Waals surface area contributed by atoms with Crippen LogP contribution in [0.1, 0.15) is 53.3 Å². The van der Waals surface area contributed by atoms with Crippen molar-refractivity contribution in [1.82, 2.24) is 0 Å². The van der Waals surface area contributed by atoms with Gasteiger partial charge in [0.2, 0.25) is 0 Å².